The summed E-state index contributed by atoms with van der Waals surface area (Å²) >= 11 is 0. The Morgan fingerprint density at radius 3 is 2.21 bits per heavy atom. The Morgan fingerprint density at radius 1 is 0.895 bits per heavy atom. The third-order valence-electron chi connectivity index (χ3n) is 3.51. The average molecular weight is 268 g/mol. The Hall–Kier alpha value is -0.830. The van der Waals surface area contributed by atoms with Gasteiger partial charge < -0.3 is 9.84 Å². The Balaban J connectivity index is 2.26. The normalized spacial score (nSPS) is 27.2. The minimum absolute atomic E-state index is 0.251. The number of esters is 1. The molecule has 1 aliphatic heterocycles. The van der Waals surface area contributed by atoms with Crippen molar-refractivity contribution in [3.8, 4) is 0 Å². The molecule has 1 N–H and O–H groups in total. The van der Waals surface area contributed by atoms with Gasteiger partial charge in [-0.05, 0) is 38.5 Å². The van der Waals surface area contributed by atoms with Crippen LogP contribution in [0.2, 0.25) is 0 Å². The molecule has 0 radical (unpaired) electrons. The first kappa shape index (κ1) is 16.2. The van der Waals surface area contributed by atoms with Crippen molar-refractivity contribution < 1.29 is 14.6 Å². The quantitative estimate of drug-likeness (QED) is 0.531. The van der Waals surface area contributed by atoms with Gasteiger partial charge in [0.2, 0.25) is 6.29 Å². The van der Waals surface area contributed by atoms with Crippen LogP contribution in [0.1, 0.15) is 77.0 Å². The standard InChI is InChI=1S/C16H28O3/c17-15-13-11-9-7-5-3-1-2-4-6-8-10-12-14-16(18)19-15/h1,3,15,17H,2,4-14H2/b3-1-. The Bertz CT molecular complexity index is 261. The van der Waals surface area contributed by atoms with Gasteiger partial charge in [0.1, 0.15) is 0 Å². The van der Waals surface area contributed by atoms with Crippen LogP contribution in [0.5, 0.6) is 0 Å². The molecule has 0 aromatic carbocycles. The minimum Gasteiger partial charge on any atom is -0.436 e. The van der Waals surface area contributed by atoms with Crippen LogP contribution in [0.25, 0.3) is 0 Å². The lowest BCUT2D eigenvalue weighted by molar-refractivity contribution is -0.168. The lowest BCUT2D eigenvalue weighted by Crippen LogP contribution is -2.17. The number of hydrogen-bond donors (Lipinski definition) is 1. The maximum absolute atomic E-state index is 11.4. The maximum atomic E-state index is 11.4. The molecule has 0 aromatic rings. The van der Waals surface area contributed by atoms with Crippen LogP contribution < -0.4 is 0 Å². The molecular weight excluding hydrogens is 240 g/mol. The molecule has 1 aliphatic rings. The third kappa shape index (κ3) is 9.71. The molecule has 0 fully saturated rings. The van der Waals surface area contributed by atoms with Crippen molar-refractivity contribution in [3.63, 3.8) is 0 Å². The number of rotatable bonds is 0. The predicted molar refractivity (Wildman–Crippen MR) is 76.6 cm³/mol. The van der Waals surface area contributed by atoms with Crippen molar-refractivity contribution in [1.29, 1.82) is 0 Å². The molecule has 0 bridgehead atoms. The highest BCUT2D eigenvalue weighted by molar-refractivity contribution is 5.69. The number of carbonyl (C=O) groups is 1. The summed E-state index contributed by atoms with van der Waals surface area (Å²) < 4.78 is 4.98. The number of aliphatic hydroxyl groups is 1. The van der Waals surface area contributed by atoms with Gasteiger partial charge in [0.15, 0.2) is 0 Å². The molecule has 0 amide bonds. The Labute approximate surface area is 117 Å². The van der Waals surface area contributed by atoms with Crippen molar-refractivity contribution in [1.82, 2.24) is 0 Å². The van der Waals surface area contributed by atoms with E-state index in [0.717, 1.165) is 38.5 Å². The fourth-order valence-electron chi connectivity index (χ4n) is 2.33. The first-order valence-corrected chi connectivity index (χ1v) is 7.81. The maximum Gasteiger partial charge on any atom is 0.308 e. The summed E-state index contributed by atoms with van der Waals surface area (Å²) in [7, 11) is 0. The van der Waals surface area contributed by atoms with E-state index in [1.807, 2.05) is 0 Å². The summed E-state index contributed by atoms with van der Waals surface area (Å²) in [5, 5.41) is 9.58. The SMILES string of the molecule is O=C1CCCCCCC/C=C\CCCCCC(O)O1. The van der Waals surface area contributed by atoms with Crippen molar-refractivity contribution in [2.45, 2.75) is 83.3 Å². The molecule has 110 valence electrons. The highest BCUT2D eigenvalue weighted by atomic mass is 16.6. The van der Waals surface area contributed by atoms with Gasteiger partial charge in [-0.15, -0.1) is 0 Å². The summed E-state index contributed by atoms with van der Waals surface area (Å²) in [5.41, 5.74) is 0. The van der Waals surface area contributed by atoms with Crippen LogP contribution >= 0.6 is 0 Å². The molecule has 19 heavy (non-hydrogen) atoms. The van der Waals surface area contributed by atoms with Gasteiger partial charge in [0, 0.05) is 12.8 Å². The zero-order chi connectivity index (χ0) is 13.8. The minimum atomic E-state index is -0.904. The molecule has 1 rings (SSSR count). The molecule has 0 spiro atoms. The van der Waals surface area contributed by atoms with Crippen molar-refractivity contribution in [2.75, 3.05) is 0 Å². The van der Waals surface area contributed by atoms with Crippen LogP contribution in [-0.2, 0) is 9.53 Å². The molecule has 1 atom stereocenters. The number of carbonyl (C=O) groups excluding carboxylic acids is 1. The van der Waals surface area contributed by atoms with Gasteiger partial charge in [-0.2, -0.15) is 0 Å². The van der Waals surface area contributed by atoms with Gasteiger partial charge >= 0.3 is 5.97 Å². The number of allylic oxidation sites excluding steroid dienone is 2. The van der Waals surface area contributed by atoms with Crippen LogP contribution in [0.4, 0.5) is 0 Å². The van der Waals surface area contributed by atoms with E-state index in [1.165, 1.54) is 25.7 Å². The molecule has 3 nitrogen and oxygen atoms in total. The topological polar surface area (TPSA) is 46.5 Å². The van der Waals surface area contributed by atoms with E-state index >= 15 is 0 Å². The summed E-state index contributed by atoms with van der Waals surface area (Å²) in [5.74, 6) is -0.251. The third-order valence-corrected chi connectivity index (χ3v) is 3.51. The van der Waals surface area contributed by atoms with E-state index in [2.05, 4.69) is 12.2 Å². The van der Waals surface area contributed by atoms with E-state index in [1.54, 1.807) is 0 Å². The van der Waals surface area contributed by atoms with E-state index in [0.29, 0.717) is 12.8 Å². The van der Waals surface area contributed by atoms with Crippen molar-refractivity contribution >= 4 is 5.97 Å². The van der Waals surface area contributed by atoms with Gasteiger partial charge in [0.05, 0.1) is 0 Å². The first-order chi connectivity index (χ1) is 9.29. The molecule has 0 saturated carbocycles. The number of ether oxygens (including phenoxy) is 1. The number of cyclic esters (lactones) is 1. The first-order valence-electron chi connectivity index (χ1n) is 7.81. The largest absolute Gasteiger partial charge is 0.436 e. The second kappa shape index (κ2) is 11.0. The molecule has 1 heterocycles. The molecule has 0 aliphatic carbocycles. The fourth-order valence-corrected chi connectivity index (χ4v) is 2.33. The van der Waals surface area contributed by atoms with Gasteiger partial charge in [-0.25, -0.2) is 0 Å². The second-order valence-corrected chi connectivity index (χ2v) is 5.36. The van der Waals surface area contributed by atoms with E-state index < -0.39 is 6.29 Å². The average Bonchev–Trinajstić information content (AvgIpc) is 2.38. The highest BCUT2D eigenvalue weighted by Gasteiger charge is 2.10. The smallest absolute Gasteiger partial charge is 0.308 e. The Kier molecular flexibility index (Phi) is 9.42. The predicted octanol–water partition coefficient (Wildman–Crippen LogP) is 4.10. The van der Waals surface area contributed by atoms with E-state index in [9.17, 15) is 9.90 Å². The van der Waals surface area contributed by atoms with Crippen LogP contribution in [0.3, 0.4) is 0 Å². The van der Waals surface area contributed by atoms with Crippen LogP contribution in [-0.4, -0.2) is 17.4 Å². The fraction of sp³-hybridized carbons (Fsp3) is 0.812. The van der Waals surface area contributed by atoms with Gasteiger partial charge in [0.25, 0.3) is 0 Å². The van der Waals surface area contributed by atoms with Crippen LogP contribution in [0, 0.1) is 0 Å². The summed E-state index contributed by atoms with van der Waals surface area (Å²) in [6.07, 6.45) is 15.7. The molecule has 3 heteroatoms. The second-order valence-electron chi connectivity index (χ2n) is 5.36. The molecule has 1 unspecified atom stereocenters. The van der Waals surface area contributed by atoms with Gasteiger partial charge in [-0.1, -0.05) is 37.8 Å². The zero-order valence-corrected chi connectivity index (χ0v) is 12.0. The molecule has 0 aromatic heterocycles. The lowest BCUT2D eigenvalue weighted by atomic mass is 10.1. The van der Waals surface area contributed by atoms with E-state index in [-0.39, 0.29) is 5.97 Å². The lowest BCUT2D eigenvalue weighted by Gasteiger charge is -2.11. The van der Waals surface area contributed by atoms with Gasteiger partial charge in [-0.3, -0.25) is 4.79 Å². The monoisotopic (exact) mass is 268 g/mol. The summed E-state index contributed by atoms with van der Waals surface area (Å²) in [6, 6.07) is 0. The molecule has 0 saturated heterocycles. The Morgan fingerprint density at radius 2 is 1.47 bits per heavy atom. The summed E-state index contributed by atoms with van der Waals surface area (Å²) in [6.45, 7) is 0. The highest BCUT2D eigenvalue weighted by Crippen LogP contribution is 2.12. The number of aliphatic hydroxyl groups excluding tert-OH is 1. The van der Waals surface area contributed by atoms with Crippen LogP contribution in [0.15, 0.2) is 12.2 Å². The van der Waals surface area contributed by atoms with E-state index in [4.69, 9.17) is 4.74 Å². The molecular formula is C16H28O3. The number of hydrogen-bond acceptors (Lipinski definition) is 3. The zero-order valence-electron chi connectivity index (χ0n) is 12.0. The summed E-state index contributed by atoms with van der Waals surface area (Å²) in [4.78, 5) is 11.4. The van der Waals surface area contributed by atoms with Crippen molar-refractivity contribution in [3.05, 3.63) is 12.2 Å². The van der Waals surface area contributed by atoms with Crippen molar-refractivity contribution in [2.24, 2.45) is 0 Å².